The predicted molar refractivity (Wildman–Crippen MR) is 113 cm³/mol. The molecule has 0 radical (unpaired) electrons. The lowest BCUT2D eigenvalue weighted by atomic mass is 9.96. The Morgan fingerprint density at radius 2 is 1.86 bits per heavy atom. The fourth-order valence-electron chi connectivity index (χ4n) is 4.03. The molecule has 0 spiro atoms. The molecule has 0 atom stereocenters. The standard InChI is InChI=1S/C23H26N4O2/c1-16-12-13-27(21(14-16)24-17-8-4-3-5-9-17)22(28)15-20-18-10-6-7-11-19(18)23(29)26(2)25-20/h6-7,10-14,17H,3-5,8-9,15H2,1-2H3. The summed E-state index contributed by atoms with van der Waals surface area (Å²) < 4.78 is 2.93. The second-order valence-corrected chi connectivity index (χ2v) is 7.84. The second-order valence-electron chi connectivity index (χ2n) is 7.84. The maximum Gasteiger partial charge on any atom is 0.274 e. The van der Waals surface area contributed by atoms with Gasteiger partial charge in [-0.15, -0.1) is 0 Å². The largest absolute Gasteiger partial charge is 0.274 e. The maximum absolute atomic E-state index is 13.2. The summed E-state index contributed by atoms with van der Waals surface area (Å²) in [5, 5.41) is 5.67. The van der Waals surface area contributed by atoms with E-state index >= 15 is 0 Å². The van der Waals surface area contributed by atoms with Crippen LogP contribution >= 0.6 is 0 Å². The lowest BCUT2D eigenvalue weighted by Gasteiger charge is -2.18. The van der Waals surface area contributed by atoms with Crippen LogP contribution in [-0.2, 0) is 13.5 Å². The summed E-state index contributed by atoms with van der Waals surface area (Å²) in [6, 6.07) is 11.5. The molecule has 3 aromatic rings. The van der Waals surface area contributed by atoms with E-state index in [0.29, 0.717) is 16.6 Å². The summed E-state index contributed by atoms with van der Waals surface area (Å²) in [6.45, 7) is 2.01. The molecule has 1 saturated carbocycles. The molecule has 2 heterocycles. The van der Waals surface area contributed by atoms with E-state index in [4.69, 9.17) is 4.99 Å². The zero-order chi connectivity index (χ0) is 20.4. The first-order valence-corrected chi connectivity index (χ1v) is 10.2. The Bertz CT molecular complexity index is 1180. The lowest BCUT2D eigenvalue weighted by molar-refractivity contribution is 0.0907. The molecule has 1 aromatic carbocycles. The number of fused-ring (bicyclic) bond motifs is 1. The number of benzene rings is 1. The fourth-order valence-corrected chi connectivity index (χ4v) is 4.03. The molecule has 2 aromatic heterocycles. The molecule has 1 aliphatic rings. The van der Waals surface area contributed by atoms with E-state index in [1.54, 1.807) is 23.9 Å². The molecular formula is C23H26N4O2. The first-order valence-electron chi connectivity index (χ1n) is 10.2. The number of rotatable bonds is 3. The summed E-state index contributed by atoms with van der Waals surface area (Å²) in [5.74, 6) is -0.101. The minimum absolute atomic E-state index is 0.101. The smallest absolute Gasteiger partial charge is 0.274 e. The Hall–Kier alpha value is -3.02. The highest BCUT2D eigenvalue weighted by Crippen LogP contribution is 2.19. The maximum atomic E-state index is 13.2. The minimum Gasteiger partial charge on any atom is -0.274 e. The van der Waals surface area contributed by atoms with Crippen molar-refractivity contribution in [2.75, 3.05) is 0 Å². The van der Waals surface area contributed by atoms with Crippen LogP contribution in [0.1, 0.15) is 48.2 Å². The first kappa shape index (κ1) is 19.3. The number of nitrogens with zero attached hydrogens (tertiary/aromatic N) is 4. The molecular weight excluding hydrogens is 364 g/mol. The molecule has 0 amide bonds. The third kappa shape index (κ3) is 4.06. The van der Waals surface area contributed by atoms with Gasteiger partial charge in [-0.3, -0.25) is 19.1 Å². The van der Waals surface area contributed by atoms with Crippen LogP contribution in [0.3, 0.4) is 0 Å². The highest BCUT2D eigenvalue weighted by molar-refractivity contribution is 5.89. The Morgan fingerprint density at radius 3 is 2.62 bits per heavy atom. The van der Waals surface area contributed by atoms with Crippen LogP contribution in [0.25, 0.3) is 10.8 Å². The SMILES string of the molecule is Cc1ccn(C(=O)Cc2nn(C)c(=O)c3ccccc23)c(=NC2CCCCC2)c1. The minimum atomic E-state index is -0.159. The van der Waals surface area contributed by atoms with Crippen molar-refractivity contribution in [3.05, 3.63) is 69.7 Å². The molecule has 6 nitrogen and oxygen atoms in total. The van der Waals surface area contributed by atoms with E-state index in [0.717, 1.165) is 23.8 Å². The fraction of sp³-hybridized carbons (Fsp3) is 0.391. The molecule has 4 rings (SSSR count). The third-order valence-corrected chi connectivity index (χ3v) is 5.60. The Balaban J connectivity index is 1.73. The average Bonchev–Trinajstić information content (AvgIpc) is 2.72. The lowest BCUT2D eigenvalue weighted by Crippen LogP contribution is -2.31. The van der Waals surface area contributed by atoms with Gasteiger partial charge in [0.15, 0.2) is 0 Å². The van der Waals surface area contributed by atoms with E-state index < -0.39 is 0 Å². The molecule has 1 fully saturated rings. The molecule has 0 bridgehead atoms. The number of aryl methyl sites for hydroxylation is 2. The molecule has 150 valence electrons. The van der Waals surface area contributed by atoms with Gasteiger partial charge in [-0.25, -0.2) is 4.68 Å². The van der Waals surface area contributed by atoms with Crippen LogP contribution in [0.5, 0.6) is 0 Å². The third-order valence-electron chi connectivity index (χ3n) is 5.60. The predicted octanol–water partition coefficient (Wildman–Crippen LogP) is 3.16. The Morgan fingerprint density at radius 1 is 1.14 bits per heavy atom. The van der Waals surface area contributed by atoms with Gasteiger partial charge in [0.05, 0.1) is 23.5 Å². The van der Waals surface area contributed by atoms with E-state index in [1.807, 2.05) is 37.3 Å². The number of pyridine rings is 1. The zero-order valence-corrected chi connectivity index (χ0v) is 17.0. The van der Waals surface area contributed by atoms with Gasteiger partial charge < -0.3 is 0 Å². The van der Waals surface area contributed by atoms with Crippen molar-refractivity contribution in [3.8, 4) is 0 Å². The Labute approximate surface area is 169 Å². The van der Waals surface area contributed by atoms with Gasteiger partial charge in [0.2, 0.25) is 5.91 Å². The highest BCUT2D eigenvalue weighted by Gasteiger charge is 2.16. The summed E-state index contributed by atoms with van der Waals surface area (Å²) in [4.78, 5) is 30.4. The molecule has 0 unspecified atom stereocenters. The number of aromatic nitrogens is 3. The highest BCUT2D eigenvalue weighted by atomic mass is 16.2. The monoisotopic (exact) mass is 390 g/mol. The van der Waals surface area contributed by atoms with E-state index in [-0.39, 0.29) is 23.9 Å². The summed E-state index contributed by atoms with van der Waals surface area (Å²) in [7, 11) is 1.62. The molecule has 6 heteroatoms. The topological polar surface area (TPSA) is 69.2 Å². The van der Waals surface area contributed by atoms with Gasteiger partial charge in [0.25, 0.3) is 5.56 Å². The summed E-state index contributed by atoms with van der Waals surface area (Å²) >= 11 is 0. The van der Waals surface area contributed by atoms with E-state index in [2.05, 4.69) is 5.10 Å². The number of hydrogen-bond donors (Lipinski definition) is 0. The van der Waals surface area contributed by atoms with Crippen LogP contribution < -0.4 is 11.0 Å². The van der Waals surface area contributed by atoms with Crippen molar-refractivity contribution in [2.24, 2.45) is 12.0 Å². The van der Waals surface area contributed by atoms with Gasteiger partial charge in [-0.1, -0.05) is 37.5 Å². The quantitative estimate of drug-likeness (QED) is 0.690. The van der Waals surface area contributed by atoms with Crippen molar-refractivity contribution < 1.29 is 4.79 Å². The molecule has 0 saturated heterocycles. The second kappa shape index (κ2) is 8.15. The van der Waals surface area contributed by atoms with Gasteiger partial charge in [-0.05, 0) is 43.5 Å². The van der Waals surface area contributed by atoms with Crippen molar-refractivity contribution in [1.82, 2.24) is 14.3 Å². The summed E-state index contributed by atoms with van der Waals surface area (Å²) in [5.41, 5.74) is 2.22. The van der Waals surface area contributed by atoms with E-state index in [1.165, 1.54) is 23.9 Å². The van der Waals surface area contributed by atoms with Crippen molar-refractivity contribution in [1.29, 1.82) is 0 Å². The van der Waals surface area contributed by atoms with Crippen molar-refractivity contribution in [2.45, 2.75) is 51.5 Å². The van der Waals surface area contributed by atoms with Crippen LogP contribution in [0.4, 0.5) is 0 Å². The van der Waals surface area contributed by atoms with Crippen LogP contribution in [-0.4, -0.2) is 26.3 Å². The summed E-state index contributed by atoms with van der Waals surface area (Å²) in [6.07, 6.45) is 7.72. The van der Waals surface area contributed by atoms with Gasteiger partial charge >= 0.3 is 0 Å². The van der Waals surface area contributed by atoms with Gasteiger partial charge in [-0.2, -0.15) is 5.10 Å². The first-order chi connectivity index (χ1) is 14.0. The normalized spacial score (nSPS) is 15.7. The number of carbonyl (C=O) groups is 1. The van der Waals surface area contributed by atoms with Gasteiger partial charge in [0.1, 0.15) is 5.49 Å². The van der Waals surface area contributed by atoms with Crippen LogP contribution in [0.2, 0.25) is 0 Å². The number of hydrogen-bond acceptors (Lipinski definition) is 4. The molecule has 0 N–H and O–H groups in total. The molecule has 0 aliphatic heterocycles. The average molecular weight is 390 g/mol. The van der Waals surface area contributed by atoms with Gasteiger partial charge in [0, 0.05) is 18.6 Å². The molecule has 29 heavy (non-hydrogen) atoms. The van der Waals surface area contributed by atoms with Crippen molar-refractivity contribution in [3.63, 3.8) is 0 Å². The van der Waals surface area contributed by atoms with Crippen molar-refractivity contribution >= 4 is 16.7 Å². The Kier molecular flexibility index (Phi) is 5.43. The van der Waals surface area contributed by atoms with Crippen LogP contribution in [0, 0.1) is 6.92 Å². The zero-order valence-electron chi connectivity index (χ0n) is 17.0. The van der Waals surface area contributed by atoms with Crippen LogP contribution in [0.15, 0.2) is 52.4 Å². The molecule has 1 aliphatic carbocycles. The van der Waals surface area contributed by atoms with E-state index in [9.17, 15) is 9.59 Å². The number of carbonyl (C=O) groups excluding carboxylic acids is 1.